The first-order chi connectivity index (χ1) is 17.6. The Morgan fingerprint density at radius 3 is 2.19 bits per heavy atom. The van der Waals surface area contributed by atoms with Crippen molar-refractivity contribution >= 4 is 17.8 Å². The number of benzene rings is 3. The first kappa shape index (κ1) is 24.6. The lowest BCUT2D eigenvalue weighted by Gasteiger charge is -2.14. The Balaban J connectivity index is 1.30. The fraction of sp³-hybridized carbons (Fsp3) is 0.222. The van der Waals surface area contributed by atoms with Crippen molar-refractivity contribution in [2.45, 2.75) is 18.8 Å². The van der Waals surface area contributed by atoms with Gasteiger partial charge in [0.2, 0.25) is 6.10 Å². The summed E-state index contributed by atoms with van der Waals surface area (Å²) >= 11 is 0. The zero-order valence-electron chi connectivity index (χ0n) is 19.8. The average Bonchev–Trinajstić information content (AvgIpc) is 3.32. The van der Waals surface area contributed by atoms with Gasteiger partial charge in [-0.3, -0.25) is 0 Å². The summed E-state index contributed by atoms with van der Waals surface area (Å²) in [5.41, 5.74) is 3.15. The molecule has 2 atom stereocenters. The van der Waals surface area contributed by atoms with Gasteiger partial charge in [-0.15, -0.1) is 0 Å². The molecule has 0 aromatic heterocycles. The van der Waals surface area contributed by atoms with E-state index in [4.69, 9.17) is 23.8 Å². The summed E-state index contributed by atoms with van der Waals surface area (Å²) in [7, 11) is 2.72. The molecule has 2 unspecified atom stereocenters. The summed E-state index contributed by atoms with van der Waals surface area (Å²) in [6, 6.07) is 24.1. The quantitative estimate of drug-likeness (QED) is 0.233. The maximum atomic E-state index is 11.8. The van der Waals surface area contributed by atoms with Gasteiger partial charge in [0.1, 0.15) is 37.5 Å². The van der Waals surface area contributed by atoms with Crippen molar-refractivity contribution in [2.24, 2.45) is 5.16 Å². The van der Waals surface area contributed by atoms with Gasteiger partial charge < -0.3 is 28.5 Å². The molecule has 0 radical (unpaired) electrons. The van der Waals surface area contributed by atoms with Crippen LogP contribution >= 0.6 is 0 Å². The predicted molar refractivity (Wildman–Crippen MR) is 129 cm³/mol. The monoisotopic (exact) mass is 491 g/mol. The van der Waals surface area contributed by atoms with E-state index >= 15 is 0 Å². The lowest BCUT2D eigenvalue weighted by molar-refractivity contribution is -0.150. The van der Waals surface area contributed by atoms with Crippen LogP contribution in [0.1, 0.15) is 22.8 Å². The Bertz CT molecular complexity index is 1190. The summed E-state index contributed by atoms with van der Waals surface area (Å²) < 4.78 is 26.4. The van der Waals surface area contributed by atoms with Crippen LogP contribution in [0.2, 0.25) is 0 Å². The number of methoxy groups -OCH3 is 1. The molecule has 3 aromatic rings. The lowest BCUT2D eigenvalue weighted by atomic mass is 10.0. The fourth-order valence-electron chi connectivity index (χ4n) is 3.55. The van der Waals surface area contributed by atoms with Crippen LogP contribution in [0.5, 0.6) is 11.5 Å². The molecule has 9 nitrogen and oxygen atoms in total. The van der Waals surface area contributed by atoms with E-state index in [-0.39, 0.29) is 6.61 Å². The SMILES string of the molecule is CO/N=C(/COc1ccc(COc2ccc(C3OC(=O)OC3C(=O)OC)cc2)cc1)c1ccccc1. The second kappa shape index (κ2) is 11.7. The summed E-state index contributed by atoms with van der Waals surface area (Å²) in [5.74, 6) is 0.624. The lowest BCUT2D eigenvalue weighted by Crippen LogP contribution is -2.27. The van der Waals surface area contributed by atoms with Gasteiger partial charge >= 0.3 is 12.1 Å². The molecule has 1 heterocycles. The molecule has 1 fully saturated rings. The molecule has 0 bridgehead atoms. The molecule has 186 valence electrons. The topological polar surface area (TPSA) is 102 Å². The fourth-order valence-corrected chi connectivity index (χ4v) is 3.55. The highest BCUT2D eigenvalue weighted by atomic mass is 16.8. The zero-order chi connectivity index (χ0) is 25.3. The Morgan fingerprint density at radius 1 is 0.861 bits per heavy atom. The van der Waals surface area contributed by atoms with Gasteiger partial charge in [-0.1, -0.05) is 59.8 Å². The van der Waals surface area contributed by atoms with E-state index < -0.39 is 24.3 Å². The van der Waals surface area contributed by atoms with Crippen LogP contribution in [0.15, 0.2) is 84.0 Å². The third kappa shape index (κ3) is 6.12. The van der Waals surface area contributed by atoms with Crippen LogP contribution in [0.25, 0.3) is 0 Å². The molecular weight excluding hydrogens is 466 g/mol. The smallest absolute Gasteiger partial charge is 0.489 e. The van der Waals surface area contributed by atoms with Gasteiger partial charge in [-0.2, -0.15) is 0 Å². The van der Waals surface area contributed by atoms with Crippen LogP contribution in [-0.2, 0) is 30.4 Å². The number of esters is 1. The molecule has 4 rings (SSSR count). The summed E-state index contributed by atoms with van der Waals surface area (Å²) in [6.07, 6.45) is -2.92. The number of rotatable bonds is 10. The van der Waals surface area contributed by atoms with Crippen LogP contribution in [0, 0.1) is 0 Å². The van der Waals surface area contributed by atoms with E-state index in [1.807, 2.05) is 54.6 Å². The Morgan fingerprint density at radius 2 is 1.53 bits per heavy atom. The van der Waals surface area contributed by atoms with Gasteiger partial charge in [0.05, 0.1) is 7.11 Å². The third-order valence-electron chi connectivity index (χ3n) is 5.38. The molecule has 36 heavy (non-hydrogen) atoms. The predicted octanol–water partition coefficient (Wildman–Crippen LogP) is 4.44. The van der Waals surface area contributed by atoms with Crippen molar-refractivity contribution in [2.75, 3.05) is 20.8 Å². The Hall–Kier alpha value is -4.53. The van der Waals surface area contributed by atoms with Gasteiger partial charge in [0.15, 0.2) is 6.10 Å². The van der Waals surface area contributed by atoms with Crippen molar-refractivity contribution < 1.29 is 38.1 Å². The van der Waals surface area contributed by atoms with Crippen molar-refractivity contribution in [1.29, 1.82) is 0 Å². The molecule has 0 N–H and O–H groups in total. The van der Waals surface area contributed by atoms with Gasteiger partial charge in [0, 0.05) is 5.56 Å². The van der Waals surface area contributed by atoms with Crippen molar-refractivity contribution in [3.05, 3.63) is 95.6 Å². The molecule has 0 spiro atoms. The molecule has 1 saturated heterocycles. The molecule has 3 aromatic carbocycles. The zero-order valence-corrected chi connectivity index (χ0v) is 19.8. The van der Waals surface area contributed by atoms with E-state index in [1.54, 1.807) is 24.3 Å². The highest BCUT2D eigenvalue weighted by Gasteiger charge is 2.43. The van der Waals surface area contributed by atoms with Crippen molar-refractivity contribution in [3.63, 3.8) is 0 Å². The molecule has 9 heteroatoms. The third-order valence-corrected chi connectivity index (χ3v) is 5.38. The maximum Gasteiger partial charge on any atom is 0.510 e. The number of cyclic esters (lactones) is 2. The number of hydrogen-bond acceptors (Lipinski definition) is 9. The molecular formula is C27H25NO8. The van der Waals surface area contributed by atoms with Gasteiger partial charge in [-0.05, 0) is 35.4 Å². The molecule has 0 saturated carbocycles. The first-order valence-electron chi connectivity index (χ1n) is 11.1. The van der Waals surface area contributed by atoms with Crippen molar-refractivity contribution in [1.82, 2.24) is 0 Å². The Labute approximate surface area is 208 Å². The van der Waals surface area contributed by atoms with E-state index in [2.05, 4.69) is 9.89 Å². The van der Waals surface area contributed by atoms with Crippen LogP contribution < -0.4 is 9.47 Å². The first-order valence-corrected chi connectivity index (χ1v) is 11.1. The van der Waals surface area contributed by atoms with E-state index in [1.165, 1.54) is 14.2 Å². The number of carbonyl (C=O) groups is 2. The van der Waals surface area contributed by atoms with Gasteiger partial charge in [0.25, 0.3) is 0 Å². The molecule has 0 amide bonds. The van der Waals surface area contributed by atoms with Crippen LogP contribution in [-0.4, -0.2) is 44.8 Å². The molecule has 1 aliphatic rings. The summed E-state index contributed by atoms with van der Waals surface area (Å²) in [6.45, 7) is 0.602. The summed E-state index contributed by atoms with van der Waals surface area (Å²) in [4.78, 5) is 28.3. The van der Waals surface area contributed by atoms with E-state index in [0.717, 1.165) is 11.1 Å². The highest BCUT2D eigenvalue weighted by Crippen LogP contribution is 2.32. The highest BCUT2D eigenvalue weighted by molar-refractivity contribution is 6.01. The second-order valence-electron chi connectivity index (χ2n) is 7.73. The number of carbonyl (C=O) groups excluding carboxylic acids is 2. The number of ether oxygens (including phenoxy) is 5. The van der Waals surface area contributed by atoms with Crippen molar-refractivity contribution in [3.8, 4) is 11.5 Å². The number of oxime groups is 1. The van der Waals surface area contributed by atoms with Gasteiger partial charge in [-0.25, -0.2) is 9.59 Å². The standard InChI is InChI=1S/C27H25NO8/c1-31-26(29)25-24(35-27(30)36-25)20-10-14-22(15-11-20)33-16-18-8-12-21(13-9-18)34-17-23(28-32-2)19-6-4-3-5-7-19/h3-15,24-25H,16-17H2,1-2H3/b28-23-. The second-order valence-corrected chi connectivity index (χ2v) is 7.73. The Kier molecular flexibility index (Phi) is 8.02. The minimum atomic E-state index is -1.14. The maximum absolute atomic E-state index is 11.8. The minimum absolute atomic E-state index is 0.262. The van der Waals surface area contributed by atoms with Crippen LogP contribution in [0.4, 0.5) is 4.79 Å². The summed E-state index contributed by atoms with van der Waals surface area (Å²) in [5, 5.41) is 4.06. The number of nitrogens with zero attached hydrogens (tertiary/aromatic N) is 1. The average molecular weight is 491 g/mol. The van der Waals surface area contributed by atoms with E-state index in [0.29, 0.717) is 29.4 Å². The molecule has 1 aliphatic heterocycles. The van der Waals surface area contributed by atoms with Crippen LogP contribution in [0.3, 0.4) is 0 Å². The normalized spacial score (nSPS) is 17.1. The van der Waals surface area contributed by atoms with E-state index in [9.17, 15) is 9.59 Å². The largest absolute Gasteiger partial charge is 0.510 e. The minimum Gasteiger partial charge on any atom is -0.489 e. The number of hydrogen-bond donors (Lipinski definition) is 0. The molecule has 0 aliphatic carbocycles.